The van der Waals surface area contributed by atoms with Crippen molar-refractivity contribution in [1.82, 2.24) is 9.96 Å². The molecule has 5 nitrogen and oxygen atoms in total. The van der Waals surface area contributed by atoms with Gasteiger partial charge >= 0.3 is 0 Å². The van der Waals surface area contributed by atoms with Crippen LogP contribution in [0.15, 0.2) is 22.7 Å². The fraction of sp³-hybridized carbons (Fsp3) is 0.500. The van der Waals surface area contributed by atoms with Crippen molar-refractivity contribution in [1.29, 1.82) is 0 Å². The molecule has 7 heteroatoms. The summed E-state index contributed by atoms with van der Waals surface area (Å²) < 4.78 is 14.6. The zero-order valence-corrected chi connectivity index (χ0v) is 15.0. The second-order valence-corrected chi connectivity index (χ2v) is 7.38. The summed E-state index contributed by atoms with van der Waals surface area (Å²) in [5, 5.41) is 1.07. The normalized spacial score (nSPS) is 18.4. The van der Waals surface area contributed by atoms with E-state index in [1.165, 1.54) is 11.0 Å². The second kappa shape index (κ2) is 6.97. The van der Waals surface area contributed by atoms with Gasteiger partial charge in [0.05, 0.1) is 5.60 Å². The fourth-order valence-corrected chi connectivity index (χ4v) is 2.87. The largest absolute Gasteiger partial charge is 0.336 e. The molecular formula is C16H20BrFN2O3. The highest BCUT2D eigenvalue weighted by atomic mass is 79.9. The van der Waals surface area contributed by atoms with Crippen LogP contribution in [0.25, 0.3) is 0 Å². The molecule has 23 heavy (non-hydrogen) atoms. The zero-order valence-electron chi connectivity index (χ0n) is 13.4. The Morgan fingerprint density at radius 2 is 2.17 bits per heavy atom. The van der Waals surface area contributed by atoms with Gasteiger partial charge in [0, 0.05) is 23.1 Å². The van der Waals surface area contributed by atoms with E-state index in [2.05, 4.69) is 15.9 Å². The molecule has 2 rings (SSSR count). The average Bonchev–Trinajstić information content (AvgIpc) is 2.81. The van der Waals surface area contributed by atoms with Crippen molar-refractivity contribution >= 4 is 28.2 Å². The molecule has 0 aromatic heterocycles. The van der Waals surface area contributed by atoms with E-state index in [0.29, 0.717) is 24.9 Å². The van der Waals surface area contributed by atoms with Crippen molar-refractivity contribution in [2.24, 2.45) is 0 Å². The molecule has 126 valence electrons. The van der Waals surface area contributed by atoms with Gasteiger partial charge in [-0.1, -0.05) is 15.9 Å². The number of hydrogen-bond acceptors (Lipinski definition) is 3. The first-order valence-electron chi connectivity index (χ1n) is 7.37. The Balaban J connectivity index is 2.09. The predicted molar refractivity (Wildman–Crippen MR) is 86.7 cm³/mol. The molecule has 1 unspecified atom stereocenters. The molecule has 1 atom stereocenters. The van der Waals surface area contributed by atoms with Gasteiger partial charge in [0.15, 0.2) is 0 Å². The van der Waals surface area contributed by atoms with E-state index in [1.807, 2.05) is 0 Å². The van der Waals surface area contributed by atoms with E-state index in [4.69, 9.17) is 4.84 Å². The maximum Gasteiger partial charge on any atom is 0.248 e. The number of amides is 2. The molecule has 0 spiro atoms. The van der Waals surface area contributed by atoms with Crippen LogP contribution in [-0.4, -0.2) is 40.5 Å². The van der Waals surface area contributed by atoms with E-state index in [-0.39, 0.29) is 18.3 Å². The summed E-state index contributed by atoms with van der Waals surface area (Å²) in [7, 11) is 0. The minimum absolute atomic E-state index is 0.169. The molecule has 0 aliphatic carbocycles. The van der Waals surface area contributed by atoms with Gasteiger partial charge in [0.2, 0.25) is 12.3 Å². The van der Waals surface area contributed by atoms with Crippen LogP contribution in [0.4, 0.5) is 4.39 Å². The quantitative estimate of drug-likeness (QED) is 0.577. The Kier molecular flexibility index (Phi) is 5.41. The molecule has 1 aromatic rings. The van der Waals surface area contributed by atoms with Gasteiger partial charge in [-0.25, -0.2) is 9.45 Å². The van der Waals surface area contributed by atoms with Gasteiger partial charge in [-0.2, -0.15) is 0 Å². The van der Waals surface area contributed by atoms with Crippen LogP contribution in [-0.2, 0) is 21.0 Å². The van der Waals surface area contributed by atoms with Crippen LogP contribution in [0.5, 0.6) is 0 Å². The van der Waals surface area contributed by atoms with Gasteiger partial charge in [-0.3, -0.25) is 14.4 Å². The summed E-state index contributed by atoms with van der Waals surface area (Å²) in [4.78, 5) is 30.8. The van der Waals surface area contributed by atoms with Crippen molar-refractivity contribution in [3.05, 3.63) is 34.1 Å². The van der Waals surface area contributed by atoms with E-state index < -0.39 is 11.6 Å². The molecule has 1 aliphatic heterocycles. The molecule has 1 aromatic carbocycles. The lowest BCUT2D eigenvalue weighted by Crippen LogP contribution is -2.44. The molecule has 0 radical (unpaired) electrons. The van der Waals surface area contributed by atoms with Crippen molar-refractivity contribution in [3.63, 3.8) is 0 Å². The van der Waals surface area contributed by atoms with Crippen LogP contribution in [0.2, 0.25) is 0 Å². The van der Waals surface area contributed by atoms with Crippen LogP contribution in [0, 0.1) is 5.82 Å². The number of nitrogens with zero attached hydrogens (tertiary/aromatic N) is 2. The topological polar surface area (TPSA) is 49.9 Å². The predicted octanol–water partition coefficient (Wildman–Crippen LogP) is 2.88. The van der Waals surface area contributed by atoms with Crippen molar-refractivity contribution in [3.8, 4) is 0 Å². The molecular weight excluding hydrogens is 367 g/mol. The van der Waals surface area contributed by atoms with Crippen molar-refractivity contribution < 1.29 is 18.8 Å². The van der Waals surface area contributed by atoms with E-state index in [9.17, 15) is 14.0 Å². The van der Waals surface area contributed by atoms with Crippen LogP contribution in [0.3, 0.4) is 0 Å². The number of halogens is 2. The standard InChI is InChI=1S/C16H20BrFN2O3/c1-16(2,3)23-20(10-21)14-6-7-19(15(14)22)9-11-8-12(17)4-5-13(11)18/h4-5,8,10,14H,6-7,9H2,1-3H3. The SMILES string of the molecule is CC(C)(C)ON(C=O)C1CCN(Cc2cc(Br)ccc2F)C1=O. The summed E-state index contributed by atoms with van der Waals surface area (Å²) in [6.45, 7) is 6.03. The van der Waals surface area contributed by atoms with Gasteiger partial charge < -0.3 is 4.90 Å². The Morgan fingerprint density at radius 1 is 1.48 bits per heavy atom. The van der Waals surface area contributed by atoms with Crippen LogP contribution >= 0.6 is 15.9 Å². The molecule has 1 aliphatic rings. The summed E-state index contributed by atoms with van der Waals surface area (Å²) in [6.07, 6.45) is 0.986. The number of benzene rings is 1. The summed E-state index contributed by atoms with van der Waals surface area (Å²) in [5.74, 6) is -0.594. The lowest BCUT2D eigenvalue weighted by Gasteiger charge is -2.30. The first-order valence-corrected chi connectivity index (χ1v) is 8.16. The lowest BCUT2D eigenvalue weighted by atomic mass is 10.2. The molecule has 0 bridgehead atoms. The summed E-state index contributed by atoms with van der Waals surface area (Å²) in [6, 6.07) is 3.96. The van der Waals surface area contributed by atoms with E-state index in [1.54, 1.807) is 32.9 Å². The molecule has 0 saturated carbocycles. The van der Waals surface area contributed by atoms with E-state index in [0.717, 1.165) is 9.54 Å². The minimum Gasteiger partial charge on any atom is -0.336 e. The third kappa shape index (κ3) is 4.51. The highest BCUT2D eigenvalue weighted by Crippen LogP contribution is 2.24. The second-order valence-electron chi connectivity index (χ2n) is 6.47. The number of likely N-dealkylation sites (tertiary alicyclic amines) is 1. The van der Waals surface area contributed by atoms with Gasteiger partial charge in [0.1, 0.15) is 11.9 Å². The first kappa shape index (κ1) is 17.9. The smallest absolute Gasteiger partial charge is 0.248 e. The molecule has 2 amide bonds. The molecule has 1 saturated heterocycles. The highest BCUT2D eigenvalue weighted by Gasteiger charge is 2.38. The molecule has 1 heterocycles. The van der Waals surface area contributed by atoms with Crippen molar-refractivity contribution in [2.75, 3.05) is 6.54 Å². The third-order valence-electron chi connectivity index (χ3n) is 3.43. The molecule has 1 fully saturated rings. The van der Waals surface area contributed by atoms with Gasteiger partial charge in [-0.05, 0) is 45.4 Å². The maximum atomic E-state index is 13.8. The average molecular weight is 387 g/mol. The number of rotatable bonds is 5. The number of carbonyl (C=O) groups excluding carboxylic acids is 2. The Hall–Kier alpha value is -1.47. The Morgan fingerprint density at radius 3 is 2.78 bits per heavy atom. The maximum absolute atomic E-state index is 13.8. The number of hydrogen-bond donors (Lipinski definition) is 0. The monoisotopic (exact) mass is 386 g/mol. The number of hydroxylamine groups is 2. The van der Waals surface area contributed by atoms with E-state index >= 15 is 0 Å². The fourth-order valence-electron chi connectivity index (χ4n) is 2.46. The summed E-state index contributed by atoms with van der Waals surface area (Å²) >= 11 is 3.30. The minimum atomic E-state index is -0.665. The highest BCUT2D eigenvalue weighted by molar-refractivity contribution is 9.10. The van der Waals surface area contributed by atoms with Gasteiger partial charge in [-0.15, -0.1) is 0 Å². The lowest BCUT2D eigenvalue weighted by molar-refractivity contribution is -0.230. The Labute approximate surface area is 143 Å². The first-order chi connectivity index (χ1) is 10.7. The number of carbonyl (C=O) groups is 2. The Bertz CT molecular complexity index is 603. The molecule has 0 N–H and O–H groups in total. The summed E-state index contributed by atoms with van der Waals surface area (Å²) in [5.41, 5.74) is -0.145. The van der Waals surface area contributed by atoms with Gasteiger partial charge in [0.25, 0.3) is 0 Å². The van der Waals surface area contributed by atoms with Crippen LogP contribution in [0.1, 0.15) is 32.8 Å². The van der Waals surface area contributed by atoms with Crippen molar-refractivity contribution in [2.45, 2.75) is 45.4 Å². The third-order valence-corrected chi connectivity index (χ3v) is 3.92. The van der Waals surface area contributed by atoms with Crippen LogP contribution < -0.4 is 0 Å². The zero-order chi connectivity index (χ0) is 17.2.